The minimum Gasteiger partial charge on any atom is -0.337 e. The number of aromatic nitrogens is 1. The highest BCUT2D eigenvalue weighted by Crippen LogP contribution is 2.35. The third-order valence-corrected chi connectivity index (χ3v) is 6.43. The number of fused-ring (bicyclic) bond motifs is 1. The van der Waals surface area contributed by atoms with Crippen molar-refractivity contribution in [3.8, 4) is 0 Å². The molecule has 1 amide bonds. The van der Waals surface area contributed by atoms with Gasteiger partial charge in [-0.3, -0.25) is 14.7 Å². The number of amides is 1. The molecule has 0 N–H and O–H groups in total. The lowest BCUT2D eigenvalue weighted by atomic mass is 10.2. The maximum atomic E-state index is 12.5. The summed E-state index contributed by atoms with van der Waals surface area (Å²) in [5.74, 6) is 0.0482. The number of pyridine rings is 1. The molecule has 1 aliphatic heterocycles. The Labute approximate surface area is 167 Å². The van der Waals surface area contributed by atoms with Gasteiger partial charge in [-0.05, 0) is 29.8 Å². The molecule has 1 aliphatic rings. The summed E-state index contributed by atoms with van der Waals surface area (Å²) >= 11 is 8.06. The minimum atomic E-state index is 0.0482. The zero-order valence-corrected chi connectivity index (χ0v) is 16.4. The molecule has 0 unspecified atom stereocenters. The lowest BCUT2D eigenvalue weighted by Crippen LogP contribution is -2.47. The predicted molar refractivity (Wildman–Crippen MR) is 112 cm³/mol. The maximum Gasteiger partial charge on any atom is 0.246 e. The van der Waals surface area contributed by atoms with Crippen LogP contribution in [0.4, 0.5) is 0 Å². The lowest BCUT2D eigenvalue weighted by molar-refractivity contribution is -0.127. The lowest BCUT2D eigenvalue weighted by Gasteiger charge is -2.34. The fourth-order valence-corrected chi connectivity index (χ4v) is 4.66. The Bertz CT molecular complexity index is 962. The van der Waals surface area contributed by atoms with Crippen molar-refractivity contribution in [2.45, 2.75) is 6.54 Å². The Morgan fingerprint density at radius 2 is 1.85 bits per heavy atom. The highest BCUT2D eigenvalue weighted by Gasteiger charge is 2.19. The van der Waals surface area contributed by atoms with Gasteiger partial charge in [0.1, 0.15) is 0 Å². The second kappa shape index (κ2) is 8.21. The molecule has 0 radical (unpaired) electrons. The largest absolute Gasteiger partial charge is 0.337 e. The van der Waals surface area contributed by atoms with Gasteiger partial charge in [0.25, 0.3) is 0 Å². The van der Waals surface area contributed by atoms with Gasteiger partial charge >= 0.3 is 0 Å². The van der Waals surface area contributed by atoms with Crippen molar-refractivity contribution in [3.63, 3.8) is 0 Å². The quantitative estimate of drug-likeness (QED) is 0.615. The molecule has 0 saturated carbocycles. The van der Waals surface area contributed by atoms with Gasteiger partial charge in [0.2, 0.25) is 5.91 Å². The normalized spacial score (nSPS) is 15.7. The molecule has 4 rings (SSSR count). The SMILES string of the molecule is O=C(/C=C/c1sc2ccccc2c1Cl)N1CCN(Cc2ccncc2)CC1. The van der Waals surface area contributed by atoms with E-state index in [0.717, 1.165) is 52.7 Å². The second-order valence-electron chi connectivity index (χ2n) is 6.57. The molecule has 3 heterocycles. The average molecular weight is 398 g/mol. The number of piperazine rings is 1. The second-order valence-corrected chi connectivity index (χ2v) is 8.03. The fourth-order valence-electron chi connectivity index (χ4n) is 3.27. The Balaban J connectivity index is 1.35. The van der Waals surface area contributed by atoms with Crippen molar-refractivity contribution in [1.29, 1.82) is 0 Å². The molecular weight excluding hydrogens is 378 g/mol. The summed E-state index contributed by atoms with van der Waals surface area (Å²) in [7, 11) is 0. The molecule has 1 aromatic carbocycles. The van der Waals surface area contributed by atoms with Gasteiger partial charge in [0.15, 0.2) is 0 Å². The third-order valence-electron chi connectivity index (χ3n) is 4.78. The van der Waals surface area contributed by atoms with Crippen LogP contribution in [0, 0.1) is 0 Å². The summed E-state index contributed by atoms with van der Waals surface area (Å²) in [6.07, 6.45) is 7.13. The molecule has 0 bridgehead atoms. The first kappa shape index (κ1) is 18.2. The summed E-state index contributed by atoms with van der Waals surface area (Å²) in [5, 5.41) is 1.77. The summed E-state index contributed by atoms with van der Waals surface area (Å²) < 4.78 is 1.14. The molecule has 0 atom stereocenters. The fraction of sp³-hybridized carbons (Fsp3) is 0.238. The first-order valence-electron chi connectivity index (χ1n) is 8.96. The van der Waals surface area contributed by atoms with E-state index in [1.54, 1.807) is 17.4 Å². The van der Waals surface area contributed by atoms with E-state index in [1.807, 2.05) is 59.8 Å². The molecule has 6 heteroatoms. The molecule has 2 aromatic heterocycles. The Kier molecular flexibility index (Phi) is 5.53. The van der Waals surface area contributed by atoms with E-state index in [0.29, 0.717) is 0 Å². The van der Waals surface area contributed by atoms with Crippen LogP contribution in [0.1, 0.15) is 10.4 Å². The Morgan fingerprint density at radius 3 is 2.59 bits per heavy atom. The van der Waals surface area contributed by atoms with Crippen molar-refractivity contribution in [2.24, 2.45) is 0 Å². The molecule has 4 nitrogen and oxygen atoms in total. The number of hydrogen-bond donors (Lipinski definition) is 0. The third kappa shape index (κ3) is 4.21. The summed E-state index contributed by atoms with van der Waals surface area (Å²) in [6, 6.07) is 12.1. The van der Waals surface area contributed by atoms with Crippen molar-refractivity contribution in [1.82, 2.24) is 14.8 Å². The van der Waals surface area contributed by atoms with E-state index >= 15 is 0 Å². The van der Waals surface area contributed by atoms with E-state index in [1.165, 1.54) is 5.56 Å². The van der Waals surface area contributed by atoms with Gasteiger partial charge < -0.3 is 4.90 Å². The van der Waals surface area contributed by atoms with E-state index in [-0.39, 0.29) is 5.91 Å². The minimum absolute atomic E-state index is 0.0482. The van der Waals surface area contributed by atoms with Gasteiger partial charge in [0.05, 0.1) is 5.02 Å². The molecule has 138 valence electrons. The number of benzene rings is 1. The topological polar surface area (TPSA) is 36.4 Å². The molecule has 1 saturated heterocycles. The number of halogens is 1. The van der Waals surface area contributed by atoms with Crippen LogP contribution in [0.2, 0.25) is 5.02 Å². The summed E-state index contributed by atoms with van der Waals surface area (Å²) in [5.41, 5.74) is 1.25. The zero-order valence-electron chi connectivity index (χ0n) is 14.8. The van der Waals surface area contributed by atoms with Crippen LogP contribution < -0.4 is 0 Å². The van der Waals surface area contributed by atoms with Crippen LogP contribution in [0.3, 0.4) is 0 Å². The van der Waals surface area contributed by atoms with Crippen LogP contribution in [0.15, 0.2) is 54.9 Å². The Morgan fingerprint density at radius 1 is 1.11 bits per heavy atom. The highest BCUT2D eigenvalue weighted by atomic mass is 35.5. The van der Waals surface area contributed by atoms with Crippen LogP contribution in [-0.2, 0) is 11.3 Å². The molecule has 27 heavy (non-hydrogen) atoms. The van der Waals surface area contributed by atoms with Crippen molar-refractivity contribution < 1.29 is 4.79 Å². The van der Waals surface area contributed by atoms with Gasteiger partial charge in [0, 0.05) is 66.2 Å². The van der Waals surface area contributed by atoms with Gasteiger partial charge in [-0.15, -0.1) is 11.3 Å². The molecule has 0 spiro atoms. The van der Waals surface area contributed by atoms with Crippen LogP contribution >= 0.6 is 22.9 Å². The standard InChI is InChI=1S/C21H20ClN3OS/c22-21-17-3-1-2-4-18(17)27-19(21)5-6-20(26)25-13-11-24(12-14-25)15-16-7-9-23-10-8-16/h1-10H,11-15H2/b6-5+. The van der Waals surface area contributed by atoms with E-state index in [4.69, 9.17) is 11.6 Å². The van der Waals surface area contributed by atoms with Crippen molar-refractivity contribution in [2.75, 3.05) is 26.2 Å². The monoisotopic (exact) mass is 397 g/mol. The molecule has 3 aromatic rings. The van der Waals surface area contributed by atoms with E-state index < -0.39 is 0 Å². The average Bonchev–Trinajstić information content (AvgIpc) is 3.03. The smallest absolute Gasteiger partial charge is 0.246 e. The molecular formula is C21H20ClN3OS. The van der Waals surface area contributed by atoms with E-state index in [2.05, 4.69) is 9.88 Å². The number of hydrogen-bond acceptors (Lipinski definition) is 4. The van der Waals surface area contributed by atoms with Gasteiger partial charge in [-0.25, -0.2) is 0 Å². The summed E-state index contributed by atoms with van der Waals surface area (Å²) in [6.45, 7) is 4.15. The Hall–Kier alpha value is -2.21. The number of thiophene rings is 1. The van der Waals surface area contributed by atoms with E-state index in [9.17, 15) is 4.79 Å². The van der Waals surface area contributed by atoms with Crippen LogP contribution in [-0.4, -0.2) is 46.9 Å². The van der Waals surface area contributed by atoms with Crippen molar-refractivity contribution in [3.05, 3.63) is 70.3 Å². The molecule has 0 aliphatic carbocycles. The van der Waals surface area contributed by atoms with Crippen LogP contribution in [0.5, 0.6) is 0 Å². The number of carbonyl (C=O) groups is 1. The highest BCUT2D eigenvalue weighted by molar-refractivity contribution is 7.20. The van der Waals surface area contributed by atoms with Gasteiger partial charge in [-0.1, -0.05) is 29.8 Å². The number of rotatable bonds is 4. The molecule has 1 fully saturated rings. The number of nitrogens with zero attached hydrogens (tertiary/aromatic N) is 3. The van der Waals surface area contributed by atoms with Crippen LogP contribution in [0.25, 0.3) is 16.2 Å². The first-order valence-corrected chi connectivity index (χ1v) is 10.2. The summed E-state index contributed by atoms with van der Waals surface area (Å²) in [4.78, 5) is 21.8. The van der Waals surface area contributed by atoms with Crippen molar-refractivity contribution >= 4 is 45.0 Å². The number of carbonyl (C=O) groups excluding carboxylic acids is 1. The maximum absolute atomic E-state index is 12.5. The predicted octanol–water partition coefficient (Wildman–Crippen LogP) is 4.31. The first-order chi connectivity index (χ1) is 13.2. The van der Waals surface area contributed by atoms with Gasteiger partial charge in [-0.2, -0.15) is 0 Å². The zero-order chi connectivity index (χ0) is 18.6.